The lowest BCUT2D eigenvalue weighted by atomic mass is 10.3. The van der Waals surface area contributed by atoms with Crippen molar-refractivity contribution in [3.05, 3.63) is 47.7 Å². The predicted molar refractivity (Wildman–Crippen MR) is 108 cm³/mol. The molecule has 0 unspecified atom stereocenters. The van der Waals surface area contributed by atoms with E-state index in [9.17, 15) is 16.8 Å². The highest BCUT2D eigenvalue weighted by Crippen LogP contribution is 2.23. The number of aromatic nitrogens is 3. The van der Waals surface area contributed by atoms with Gasteiger partial charge in [0.25, 0.3) is 20.0 Å². The van der Waals surface area contributed by atoms with Gasteiger partial charge in [-0.15, -0.1) is 11.3 Å². The Hall–Kier alpha value is -2.44. The Morgan fingerprint density at radius 2 is 1.71 bits per heavy atom. The highest BCUT2D eigenvalue weighted by atomic mass is 32.2. The zero-order valence-corrected chi connectivity index (χ0v) is 17.8. The first-order valence-electron chi connectivity index (χ1n) is 8.19. The van der Waals surface area contributed by atoms with Crippen LogP contribution in [0.3, 0.4) is 0 Å². The standard InChI is InChI=1S/C16H19N5O4S3/c1-11(2)21-10-15(12(3)18-21)28(24,25)19-13-4-6-14(7-5-13)27(22,23)20-16-17-8-9-26-16/h4-11,19H,1-3H3,(H,17,20). The summed E-state index contributed by atoms with van der Waals surface area (Å²) in [5.41, 5.74) is 0.623. The summed E-state index contributed by atoms with van der Waals surface area (Å²) in [4.78, 5) is 3.95. The van der Waals surface area contributed by atoms with E-state index in [0.717, 1.165) is 11.3 Å². The van der Waals surface area contributed by atoms with Crippen molar-refractivity contribution in [3.63, 3.8) is 0 Å². The van der Waals surface area contributed by atoms with Gasteiger partial charge in [0.1, 0.15) is 4.90 Å². The second-order valence-electron chi connectivity index (χ2n) is 6.23. The molecule has 28 heavy (non-hydrogen) atoms. The molecule has 0 spiro atoms. The number of nitrogens with zero attached hydrogens (tertiary/aromatic N) is 3. The minimum Gasteiger partial charge on any atom is -0.280 e. The average Bonchev–Trinajstić information content (AvgIpc) is 3.24. The summed E-state index contributed by atoms with van der Waals surface area (Å²) in [5, 5.41) is 6.11. The molecule has 0 saturated carbocycles. The van der Waals surface area contributed by atoms with Gasteiger partial charge in [-0.2, -0.15) is 5.10 Å². The molecule has 0 amide bonds. The van der Waals surface area contributed by atoms with Gasteiger partial charge in [-0.05, 0) is 45.0 Å². The molecule has 0 fully saturated rings. The molecular weight excluding hydrogens is 422 g/mol. The maximum Gasteiger partial charge on any atom is 0.265 e. The van der Waals surface area contributed by atoms with E-state index in [4.69, 9.17) is 0 Å². The van der Waals surface area contributed by atoms with Crippen molar-refractivity contribution in [1.82, 2.24) is 14.8 Å². The van der Waals surface area contributed by atoms with Crippen LogP contribution in [0.2, 0.25) is 0 Å². The van der Waals surface area contributed by atoms with Crippen LogP contribution in [0.15, 0.2) is 51.8 Å². The third-order valence-electron chi connectivity index (χ3n) is 3.76. The van der Waals surface area contributed by atoms with Crippen LogP contribution in [0.25, 0.3) is 0 Å². The lowest BCUT2D eigenvalue weighted by molar-refractivity contribution is 0.528. The zero-order chi connectivity index (χ0) is 20.5. The Bertz CT molecular complexity index is 1170. The van der Waals surface area contributed by atoms with Crippen molar-refractivity contribution in [3.8, 4) is 0 Å². The van der Waals surface area contributed by atoms with Gasteiger partial charge in [0.2, 0.25) is 0 Å². The van der Waals surface area contributed by atoms with Gasteiger partial charge in [-0.3, -0.25) is 14.1 Å². The second-order valence-corrected chi connectivity index (χ2v) is 10.5. The molecule has 12 heteroatoms. The molecule has 0 aliphatic rings. The van der Waals surface area contributed by atoms with E-state index >= 15 is 0 Å². The number of anilines is 2. The van der Waals surface area contributed by atoms with E-state index in [1.807, 2.05) is 13.8 Å². The van der Waals surface area contributed by atoms with E-state index < -0.39 is 20.0 Å². The third-order valence-corrected chi connectivity index (χ3v) is 7.42. The van der Waals surface area contributed by atoms with Crippen molar-refractivity contribution in [2.45, 2.75) is 36.6 Å². The van der Waals surface area contributed by atoms with Gasteiger partial charge in [0.15, 0.2) is 5.13 Å². The van der Waals surface area contributed by atoms with Gasteiger partial charge in [-0.1, -0.05) is 0 Å². The second kappa shape index (κ2) is 7.53. The molecule has 3 rings (SSSR count). The monoisotopic (exact) mass is 441 g/mol. The highest BCUT2D eigenvalue weighted by Gasteiger charge is 2.22. The SMILES string of the molecule is Cc1nn(C(C)C)cc1S(=O)(=O)Nc1ccc(S(=O)(=O)Nc2nccs2)cc1. The maximum atomic E-state index is 12.6. The molecule has 0 aliphatic heterocycles. The Morgan fingerprint density at radius 1 is 1.04 bits per heavy atom. The first kappa shape index (κ1) is 20.3. The molecule has 0 radical (unpaired) electrons. The summed E-state index contributed by atoms with van der Waals surface area (Å²) in [6.45, 7) is 5.41. The van der Waals surface area contributed by atoms with Crippen molar-refractivity contribution in [1.29, 1.82) is 0 Å². The van der Waals surface area contributed by atoms with E-state index in [1.165, 1.54) is 36.7 Å². The van der Waals surface area contributed by atoms with Crippen LogP contribution in [0.1, 0.15) is 25.6 Å². The lowest BCUT2D eigenvalue weighted by Crippen LogP contribution is -2.15. The number of rotatable bonds is 7. The molecule has 150 valence electrons. The predicted octanol–water partition coefficient (Wildman–Crippen LogP) is 2.83. The van der Waals surface area contributed by atoms with Crippen LogP contribution in [0.5, 0.6) is 0 Å². The average molecular weight is 442 g/mol. The Balaban J connectivity index is 1.80. The van der Waals surface area contributed by atoms with Crippen molar-refractivity contribution < 1.29 is 16.8 Å². The van der Waals surface area contributed by atoms with E-state index in [1.54, 1.807) is 17.0 Å². The summed E-state index contributed by atoms with van der Waals surface area (Å²) in [6.07, 6.45) is 2.96. The summed E-state index contributed by atoms with van der Waals surface area (Å²) in [6, 6.07) is 5.43. The summed E-state index contributed by atoms with van der Waals surface area (Å²) < 4.78 is 56.3. The molecule has 0 bridgehead atoms. The fraction of sp³-hybridized carbons (Fsp3) is 0.250. The third kappa shape index (κ3) is 4.34. The highest BCUT2D eigenvalue weighted by molar-refractivity contribution is 7.93. The van der Waals surface area contributed by atoms with Gasteiger partial charge < -0.3 is 0 Å². The van der Waals surface area contributed by atoms with E-state index in [-0.39, 0.29) is 26.7 Å². The van der Waals surface area contributed by atoms with Crippen LogP contribution in [-0.4, -0.2) is 31.6 Å². The molecule has 3 aromatic rings. The molecule has 2 aromatic heterocycles. The van der Waals surface area contributed by atoms with E-state index in [0.29, 0.717) is 5.69 Å². The summed E-state index contributed by atoms with van der Waals surface area (Å²) in [5.74, 6) is 0. The Morgan fingerprint density at radius 3 is 2.25 bits per heavy atom. The van der Waals surface area contributed by atoms with Crippen molar-refractivity contribution >= 4 is 42.2 Å². The Labute approximate surface area is 167 Å². The largest absolute Gasteiger partial charge is 0.280 e. The van der Waals surface area contributed by atoms with Crippen LogP contribution in [0.4, 0.5) is 10.8 Å². The quantitative estimate of drug-likeness (QED) is 0.581. The van der Waals surface area contributed by atoms with Crippen LogP contribution >= 0.6 is 11.3 Å². The number of benzene rings is 1. The minimum absolute atomic E-state index is 0.00513. The first-order valence-corrected chi connectivity index (χ1v) is 12.0. The van der Waals surface area contributed by atoms with Crippen molar-refractivity contribution in [2.24, 2.45) is 0 Å². The Kier molecular flexibility index (Phi) is 5.46. The molecule has 1 aromatic carbocycles. The smallest absolute Gasteiger partial charge is 0.265 e. The number of thiazole rings is 1. The van der Waals surface area contributed by atoms with Gasteiger partial charge in [0.05, 0.1) is 10.6 Å². The number of nitrogens with one attached hydrogen (secondary N) is 2. The summed E-state index contributed by atoms with van der Waals surface area (Å²) >= 11 is 1.16. The first-order chi connectivity index (χ1) is 13.1. The van der Waals surface area contributed by atoms with Crippen molar-refractivity contribution in [2.75, 3.05) is 9.44 Å². The molecule has 0 atom stereocenters. The number of sulfonamides is 2. The maximum absolute atomic E-state index is 12.6. The van der Waals surface area contributed by atoms with Crippen LogP contribution in [0, 0.1) is 6.92 Å². The molecule has 0 saturated heterocycles. The fourth-order valence-corrected chi connectivity index (χ4v) is 5.37. The zero-order valence-electron chi connectivity index (χ0n) is 15.3. The molecule has 2 heterocycles. The fourth-order valence-electron chi connectivity index (χ4n) is 2.35. The molecule has 9 nitrogen and oxygen atoms in total. The summed E-state index contributed by atoms with van der Waals surface area (Å²) in [7, 11) is -7.65. The normalized spacial score (nSPS) is 12.3. The molecular formula is C16H19N5O4S3. The number of aryl methyl sites for hydroxylation is 1. The number of hydrogen-bond donors (Lipinski definition) is 2. The van der Waals surface area contributed by atoms with Crippen LogP contribution in [-0.2, 0) is 20.0 Å². The van der Waals surface area contributed by atoms with Gasteiger partial charge in [0, 0.05) is 29.5 Å². The van der Waals surface area contributed by atoms with E-state index in [2.05, 4.69) is 19.5 Å². The van der Waals surface area contributed by atoms with Crippen LogP contribution < -0.4 is 9.44 Å². The molecule has 0 aliphatic carbocycles. The molecule has 2 N–H and O–H groups in total. The minimum atomic E-state index is -3.85. The topological polar surface area (TPSA) is 123 Å². The van der Waals surface area contributed by atoms with Gasteiger partial charge in [-0.25, -0.2) is 21.8 Å². The number of hydrogen-bond acceptors (Lipinski definition) is 7. The van der Waals surface area contributed by atoms with Gasteiger partial charge >= 0.3 is 0 Å². The lowest BCUT2D eigenvalue weighted by Gasteiger charge is -2.09.